The minimum atomic E-state index is -0.491. The van der Waals surface area contributed by atoms with E-state index in [-0.39, 0.29) is 17.5 Å². The first kappa shape index (κ1) is 12.0. The number of hydrogen-bond donors (Lipinski definition) is 2. The summed E-state index contributed by atoms with van der Waals surface area (Å²) in [6.45, 7) is 3.51. The zero-order valence-corrected chi connectivity index (χ0v) is 9.06. The lowest BCUT2D eigenvalue weighted by molar-refractivity contribution is -0.384. The van der Waals surface area contributed by atoms with Gasteiger partial charge >= 0.3 is 0 Å². The topological polar surface area (TPSA) is 84.3 Å². The molecule has 16 heavy (non-hydrogen) atoms. The van der Waals surface area contributed by atoms with Gasteiger partial charge in [-0.3, -0.25) is 25.8 Å². The van der Waals surface area contributed by atoms with Crippen molar-refractivity contribution < 1.29 is 9.72 Å². The molecule has 1 amide bonds. The number of hydrazine groups is 1. The van der Waals surface area contributed by atoms with Gasteiger partial charge in [-0.25, -0.2) is 0 Å². The van der Waals surface area contributed by atoms with Gasteiger partial charge < -0.3 is 0 Å². The summed E-state index contributed by atoms with van der Waals surface area (Å²) in [4.78, 5) is 21.2. The van der Waals surface area contributed by atoms with Crippen LogP contribution in [0, 0.1) is 16.0 Å². The van der Waals surface area contributed by atoms with Crippen molar-refractivity contribution >= 4 is 17.3 Å². The number of carbonyl (C=O) groups excluding carboxylic acids is 1. The molecular weight excluding hydrogens is 210 g/mol. The van der Waals surface area contributed by atoms with Gasteiger partial charge in [0.2, 0.25) is 5.91 Å². The molecule has 0 aromatic heterocycles. The van der Waals surface area contributed by atoms with Crippen molar-refractivity contribution in [2.24, 2.45) is 5.92 Å². The van der Waals surface area contributed by atoms with Crippen molar-refractivity contribution in [1.82, 2.24) is 5.43 Å². The first-order valence-electron chi connectivity index (χ1n) is 4.81. The number of amides is 1. The Labute approximate surface area is 92.8 Å². The molecule has 2 N–H and O–H groups in total. The molecule has 6 nitrogen and oxygen atoms in total. The third-order valence-electron chi connectivity index (χ3n) is 1.91. The highest BCUT2D eigenvalue weighted by Gasteiger charge is 2.08. The average Bonchev–Trinajstić information content (AvgIpc) is 2.26. The van der Waals surface area contributed by atoms with Crippen LogP contribution in [-0.4, -0.2) is 10.8 Å². The van der Waals surface area contributed by atoms with E-state index in [2.05, 4.69) is 10.9 Å². The Bertz CT molecular complexity index is 404. The summed E-state index contributed by atoms with van der Waals surface area (Å²) in [6, 6.07) is 5.91. The highest BCUT2D eigenvalue weighted by Crippen LogP contribution is 2.16. The number of rotatable bonds is 4. The second-order valence-electron chi connectivity index (χ2n) is 3.58. The third kappa shape index (κ3) is 3.23. The van der Waals surface area contributed by atoms with E-state index in [1.165, 1.54) is 12.1 Å². The predicted molar refractivity (Wildman–Crippen MR) is 59.7 cm³/mol. The molecule has 0 bridgehead atoms. The Kier molecular flexibility index (Phi) is 3.82. The van der Waals surface area contributed by atoms with E-state index >= 15 is 0 Å². The summed E-state index contributed by atoms with van der Waals surface area (Å²) in [5.74, 6) is -0.322. The first-order valence-corrected chi connectivity index (χ1v) is 4.81. The fourth-order valence-electron chi connectivity index (χ4n) is 0.975. The largest absolute Gasteiger partial charge is 0.298 e. The van der Waals surface area contributed by atoms with Crippen molar-refractivity contribution in [3.05, 3.63) is 34.4 Å². The fourth-order valence-corrected chi connectivity index (χ4v) is 0.975. The standard InChI is InChI=1S/C10H13N3O3/c1-7(2)10(14)12-11-8-4-3-5-9(6-8)13(15)16/h3-7,11H,1-2H3,(H,12,14). The summed E-state index contributed by atoms with van der Waals surface area (Å²) in [7, 11) is 0. The SMILES string of the molecule is CC(C)C(=O)NNc1cccc([N+](=O)[O-])c1. The van der Waals surface area contributed by atoms with Crippen molar-refractivity contribution in [3.63, 3.8) is 0 Å². The van der Waals surface area contributed by atoms with Crippen LogP contribution in [0.4, 0.5) is 11.4 Å². The van der Waals surface area contributed by atoms with Gasteiger partial charge in [-0.15, -0.1) is 0 Å². The lowest BCUT2D eigenvalue weighted by atomic mass is 10.2. The van der Waals surface area contributed by atoms with Gasteiger partial charge in [0, 0.05) is 18.1 Å². The van der Waals surface area contributed by atoms with Crippen LogP contribution in [0.15, 0.2) is 24.3 Å². The van der Waals surface area contributed by atoms with Crippen LogP contribution in [0.25, 0.3) is 0 Å². The first-order chi connectivity index (χ1) is 7.50. The van der Waals surface area contributed by atoms with Crippen LogP contribution >= 0.6 is 0 Å². The maximum atomic E-state index is 11.2. The number of non-ortho nitro benzene ring substituents is 1. The van der Waals surface area contributed by atoms with Crippen LogP contribution in [0.5, 0.6) is 0 Å². The Morgan fingerprint density at radius 3 is 2.69 bits per heavy atom. The fraction of sp³-hybridized carbons (Fsp3) is 0.300. The molecule has 0 aliphatic heterocycles. The molecule has 1 aromatic rings. The number of anilines is 1. The van der Waals surface area contributed by atoms with Gasteiger partial charge in [-0.1, -0.05) is 19.9 Å². The predicted octanol–water partition coefficient (Wildman–Crippen LogP) is 1.69. The molecule has 0 spiro atoms. The maximum Gasteiger partial charge on any atom is 0.271 e. The molecule has 0 heterocycles. The van der Waals surface area contributed by atoms with Crippen molar-refractivity contribution in [2.45, 2.75) is 13.8 Å². The number of nitrogens with one attached hydrogen (secondary N) is 2. The molecule has 0 aliphatic rings. The molecule has 0 unspecified atom stereocenters. The van der Waals surface area contributed by atoms with Crippen molar-refractivity contribution in [3.8, 4) is 0 Å². The zero-order valence-electron chi connectivity index (χ0n) is 9.06. The van der Waals surface area contributed by atoms with E-state index in [9.17, 15) is 14.9 Å². The van der Waals surface area contributed by atoms with E-state index in [0.717, 1.165) is 0 Å². The smallest absolute Gasteiger partial charge is 0.271 e. The molecule has 1 aromatic carbocycles. The Morgan fingerprint density at radius 1 is 1.44 bits per heavy atom. The normalized spacial score (nSPS) is 9.94. The average molecular weight is 223 g/mol. The van der Waals surface area contributed by atoms with Gasteiger partial charge in [-0.2, -0.15) is 0 Å². The molecule has 0 saturated carbocycles. The Hall–Kier alpha value is -2.11. The molecule has 0 radical (unpaired) electrons. The number of benzene rings is 1. The summed E-state index contributed by atoms with van der Waals surface area (Å²) in [5.41, 5.74) is 5.52. The molecule has 0 saturated heterocycles. The van der Waals surface area contributed by atoms with Crippen molar-refractivity contribution in [2.75, 3.05) is 5.43 Å². The van der Waals surface area contributed by atoms with E-state index in [1.807, 2.05) is 0 Å². The summed E-state index contributed by atoms with van der Waals surface area (Å²) in [5, 5.41) is 10.5. The van der Waals surface area contributed by atoms with Gasteiger partial charge in [0.1, 0.15) is 0 Å². The lowest BCUT2D eigenvalue weighted by Gasteiger charge is -2.09. The van der Waals surface area contributed by atoms with Crippen LogP contribution < -0.4 is 10.9 Å². The zero-order chi connectivity index (χ0) is 12.1. The van der Waals surface area contributed by atoms with Crippen LogP contribution in [0.2, 0.25) is 0 Å². The second kappa shape index (κ2) is 5.11. The van der Waals surface area contributed by atoms with E-state index in [4.69, 9.17) is 0 Å². The molecule has 0 aliphatic carbocycles. The molecule has 6 heteroatoms. The Morgan fingerprint density at radius 2 is 2.12 bits per heavy atom. The summed E-state index contributed by atoms with van der Waals surface area (Å²) >= 11 is 0. The minimum Gasteiger partial charge on any atom is -0.298 e. The molecule has 0 fully saturated rings. The second-order valence-corrected chi connectivity index (χ2v) is 3.58. The van der Waals surface area contributed by atoms with Crippen LogP contribution in [0.1, 0.15) is 13.8 Å². The number of nitro benzene ring substituents is 1. The molecular formula is C10H13N3O3. The number of hydrogen-bond acceptors (Lipinski definition) is 4. The monoisotopic (exact) mass is 223 g/mol. The highest BCUT2D eigenvalue weighted by molar-refractivity contribution is 5.79. The van der Waals surface area contributed by atoms with Gasteiger partial charge in [0.05, 0.1) is 10.6 Å². The van der Waals surface area contributed by atoms with Crippen LogP contribution in [-0.2, 0) is 4.79 Å². The quantitative estimate of drug-likeness (QED) is 0.601. The van der Waals surface area contributed by atoms with E-state index < -0.39 is 4.92 Å². The van der Waals surface area contributed by atoms with Crippen molar-refractivity contribution in [1.29, 1.82) is 0 Å². The van der Waals surface area contributed by atoms with Gasteiger partial charge in [0.25, 0.3) is 5.69 Å². The van der Waals surface area contributed by atoms with Crippen LogP contribution in [0.3, 0.4) is 0 Å². The minimum absolute atomic E-state index is 0.0243. The summed E-state index contributed by atoms with van der Waals surface area (Å²) in [6.07, 6.45) is 0. The van der Waals surface area contributed by atoms with Gasteiger partial charge in [-0.05, 0) is 6.07 Å². The third-order valence-corrected chi connectivity index (χ3v) is 1.91. The number of carbonyl (C=O) groups is 1. The van der Waals surface area contributed by atoms with E-state index in [0.29, 0.717) is 5.69 Å². The highest BCUT2D eigenvalue weighted by atomic mass is 16.6. The lowest BCUT2D eigenvalue weighted by Crippen LogP contribution is -2.32. The number of nitrogens with zero attached hydrogens (tertiary/aromatic N) is 1. The molecule has 1 rings (SSSR count). The molecule has 86 valence electrons. The van der Waals surface area contributed by atoms with Gasteiger partial charge in [0.15, 0.2) is 0 Å². The van der Waals surface area contributed by atoms with E-state index in [1.54, 1.807) is 26.0 Å². The maximum absolute atomic E-state index is 11.2. The molecule has 0 atom stereocenters. The Balaban J connectivity index is 2.64. The number of nitro groups is 1. The summed E-state index contributed by atoms with van der Waals surface area (Å²) < 4.78 is 0.